The predicted molar refractivity (Wildman–Crippen MR) is 109 cm³/mol. The maximum Gasteiger partial charge on any atom is 0.341 e. The van der Waals surface area contributed by atoms with Crippen molar-refractivity contribution in [1.29, 1.82) is 0 Å². The van der Waals surface area contributed by atoms with Gasteiger partial charge in [-0.15, -0.1) is 0 Å². The maximum absolute atomic E-state index is 12.6. The third-order valence-electron chi connectivity index (χ3n) is 4.54. The molecule has 1 heterocycles. The number of carboxylic acid groups (broad SMARTS) is 1. The maximum atomic E-state index is 12.6. The number of nitrogens with zero attached hydrogens (tertiary/aromatic N) is 1. The fourth-order valence-electron chi connectivity index (χ4n) is 3.12. The summed E-state index contributed by atoms with van der Waals surface area (Å²) in [4.78, 5) is 23.9. The Morgan fingerprint density at radius 3 is 2.63 bits per heavy atom. The largest absolute Gasteiger partial charge is 0.477 e. The van der Waals surface area contributed by atoms with Gasteiger partial charge >= 0.3 is 5.97 Å². The van der Waals surface area contributed by atoms with Crippen LogP contribution in [-0.4, -0.2) is 22.2 Å². The lowest BCUT2D eigenvalue weighted by Gasteiger charge is -2.14. The second-order valence-corrected chi connectivity index (χ2v) is 6.74. The van der Waals surface area contributed by atoms with Crippen LogP contribution in [0.1, 0.15) is 29.3 Å². The zero-order chi connectivity index (χ0) is 19.4. The lowest BCUT2D eigenvalue weighted by Crippen LogP contribution is -2.19. The first-order valence-electron chi connectivity index (χ1n) is 8.89. The highest BCUT2D eigenvalue weighted by atomic mass is 35.5. The molecular formula is C21H21ClN2O3. The Morgan fingerprint density at radius 2 is 1.96 bits per heavy atom. The molecule has 2 N–H and O–H groups in total. The molecule has 0 radical (unpaired) electrons. The minimum absolute atomic E-state index is 0.235. The first-order valence-corrected chi connectivity index (χ1v) is 9.27. The fraction of sp³-hybridized carbons (Fsp3) is 0.238. The Labute approximate surface area is 162 Å². The topological polar surface area (TPSA) is 71.3 Å². The van der Waals surface area contributed by atoms with Crippen LogP contribution in [0.3, 0.4) is 0 Å². The Bertz CT molecular complexity index is 1030. The van der Waals surface area contributed by atoms with Crippen LogP contribution in [-0.2, 0) is 13.0 Å². The van der Waals surface area contributed by atoms with Gasteiger partial charge < -0.3 is 15.0 Å². The highest BCUT2D eigenvalue weighted by Gasteiger charge is 2.16. The van der Waals surface area contributed by atoms with E-state index < -0.39 is 11.4 Å². The highest BCUT2D eigenvalue weighted by molar-refractivity contribution is 6.34. The van der Waals surface area contributed by atoms with Gasteiger partial charge in [0.05, 0.1) is 16.2 Å². The Balaban J connectivity index is 1.85. The second kappa shape index (κ2) is 8.27. The third kappa shape index (κ3) is 4.14. The smallest absolute Gasteiger partial charge is 0.341 e. The average molecular weight is 385 g/mol. The molecule has 0 saturated heterocycles. The van der Waals surface area contributed by atoms with Gasteiger partial charge in [0, 0.05) is 24.7 Å². The summed E-state index contributed by atoms with van der Waals surface area (Å²) in [6.07, 6.45) is 3.22. The zero-order valence-electron chi connectivity index (χ0n) is 15.0. The number of carboxylic acids is 1. The van der Waals surface area contributed by atoms with E-state index in [1.807, 2.05) is 25.1 Å². The van der Waals surface area contributed by atoms with E-state index in [0.717, 1.165) is 12.8 Å². The molecule has 3 aromatic rings. The third-order valence-corrected chi connectivity index (χ3v) is 4.85. The number of anilines is 1. The molecule has 0 amide bonds. The van der Waals surface area contributed by atoms with Gasteiger partial charge in [0.25, 0.3) is 0 Å². The van der Waals surface area contributed by atoms with E-state index in [1.54, 1.807) is 16.7 Å². The number of carbonyl (C=O) groups is 1. The number of aromatic carboxylic acids is 1. The van der Waals surface area contributed by atoms with Gasteiger partial charge in [0.1, 0.15) is 5.56 Å². The summed E-state index contributed by atoms with van der Waals surface area (Å²) in [7, 11) is 0. The molecule has 0 saturated carbocycles. The first kappa shape index (κ1) is 19.0. The fourth-order valence-corrected chi connectivity index (χ4v) is 3.35. The summed E-state index contributed by atoms with van der Waals surface area (Å²) < 4.78 is 1.73. The normalized spacial score (nSPS) is 10.9. The number of aryl methyl sites for hydroxylation is 2. The Morgan fingerprint density at radius 1 is 1.22 bits per heavy atom. The van der Waals surface area contributed by atoms with Gasteiger partial charge in [-0.3, -0.25) is 4.79 Å². The number of rotatable bonds is 7. The molecule has 0 unspecified atom stereocenters. The van der Waals surface area contributed by atoms with E-state index >= 15 is 0 Å². The number of fused-ring (bicyclic) bond motifs is 1. The van der Waals surface area contributed by atoms with Gasteiger partial charge in [-0.2, -0.15) is 0 Å². The molecule has 0 aliphatic heterocycles. The van der Waals surface area contributed by atoms with Crippen molar-refractivity contribution in [1.82, 2.24) is 4.57 Å². The van der Waals surface area contributed by atoms with Crippen molar-refractivity contribution in [3.63, 3.8) is 0 Å². The van der Waals surface area contributed by atoms with Crippen LogP contribution in [0.4, 0.5) is 5.69 Å². The molecule has 6 heteroatoms. The number of benzene rings is 2. The quantitative estimate of drug-likeness (QED) is 0.591. The number of aromatic nitrogens is 1. The summed E-state index contributed by atoms with van der Waals surface area (Å²) in [5.74, 6) is -1.23. The number of pyridine rings is 1. The van der Waals surface area contributed by atoms with Gasteiger partial charge in [0.15, 0.2) is 0 Å². The minimum atomic E-state index is -1.23. The lowest BCUT2D eigenvalue weighted by atomic mass is 10.1. The van der Waals surface area contributed by atoms with Crippen molar-refractivity contribution in [2.75, 3.05) is 11.9 Å². The predicted octanol–water partition coefficient (Wildman–Crippen LogP) is 4.42. The Hall–Kier alpha value is -2.79. The average Bonchev–Trinajstić information content (AvgIpc) is 2.66. The number of hydrogen-bond donors (Lipinski definition) is 2. The van der Waals surface area contributed by atoms with Crippen molar-refractivity contribution in [2.24, 2.45) is 0 Å². The van der Waals surface area contributed by atoms with Gasteiger partial charge in [-0.1, -0.05) is 41.9 Å². The minimum Gasteiger partial charge on any atom is -0.477 e. The molecule has 2 aromatic carbocycles. The molecule has 1 aromatic heterocycles. The number of halogens is 1. The van der Waals surface area contributed by atoms with E-state index in [-0.39, 0.29) is 5.56 Å². The summed E-state index contributed by atoms with van der Waals surface area (Å²) >= 11 is 6.39. The summed E-state index contributed by atoms with van der Waals surface area (Å²) in [5, 5.41) is 13.4. The van der Waals surface area contributed by atoms with E-state index in [2.05, 4.69) is 17.4 Å². The van der Waals surface area contributed by atoms with Crippen LogP contribution in [0.2, 0.25) is 5.02 Å². The van der Waals surface area contributed by atoms with Gasteiger partial charge in [-0.25, -0.2) is 4.79 Å². The monoisotopic (exact) mass is 384 g/mol. The summed E-state index contributed by atoms with van der Waals surface area (Å²) in [6.45, 7) is 3.12. The van der Waals surface area contributed by atoms with Crippen LogP contribution < -0.4 is 10.7 Å². The van der Waals surface area contributed by atoms with E-state index in [1.165, 1.54) is 11.8 Å². The molecule has 0 bridgehead atoms. The van der Waals surface area contributed by atoms with Crippen LogP contribution in [0, 0.1) is 0 Å². The van der Waals surface area contributed by atoms with Crippen LogP contribution in [0.5, 0.6) is 0 Å². The molecule has 0 spiro atoms. The van der Waals surface area contributed by atoms with Crippen LogP contribution in [0.15, 0.2) is 53.5 Å². The van der Waals surface area contributed by atoms with Crippen LogP contribution >= 0.6 is 11.6 Å². The summed E-state index contributed by atoms with van der Waals surface area (Å²) in [6, 6.07) is 13.6. The zero-order valence-corrected chi connectivity index (χ0v) is 15.8. The molecule has 0 fully saturated rings. The molecule has 0 atom stereocenters. The number of hydrogen-bond acceptors (Lipinski definition) is 3. The highest BCUT2D eigenvalue weighted by Crippen LogP contribution is 2.27. The van der Waals surface area contributed by atoms with E-state index in [0.29, 0.717) is 34.7 Å². The van der Waals surface area contributed by atoms with Gasteiger partial charge in [-0.05, 0) is 37.5 Å². The van der Waals surface area contributed by atoms with Crippen molar-refractivity contribution in [2.45, 2.75) is 26.3 Å². The molecule has 140 valence electrons. The molecule has 5 nitrogen and oxygen atoms in total. The molecule has 3 rings (SSSR count). The SMILES string of the molecule is CCn1cc(C(=O)O)c(=O)c2cc(NCCCc3ccccc3)c(Cl)cc21. The van der Waals surface area contributed by atoms with Crippen molar-refractivity contribution in [3.8, 4) is 0 Å². The number of nitrogens with one attached hydrogen (secondary N) is 1. The van der Waals surface area contributed by atoms with E-state index in [9.17, 15) is 14.7 Å². The van der Waals surface area contributed by atoms with Crippen LogP contribution in [0.25, 0.3) is 10.9 Å². The van der Waals surface area contributed by atoms with Crippen molar-refractivity contribution < 1.29 is 9.90 Å². The standard InChI is InChI=1S/C21H21ClN2O3/c1-2-24-13-16(21(26)27)20(25)15-11-18(17(22)12-19(15)24)23-10-6-9-14-7-4-3-5-8-14/h3-5,7-8,11-13,23H,2,6,9-10H2,1H3,(H,26,27). The lowest BCUT2D eigenvalue weighted by molar-refractivity contribution is 0.0695. The second-order valence-electron chi connectivity index (χ2n) is 6.33. The van der Waals surface area contributed by atoms with Crippen molar-refractivity contribution in [3.05, 3.63) is 75.0 Å². The summed E-state index contributed by atoms with van der Waals surface area (Å²) in [5.41, 5.74) is 1.81. The van der Waals surface area contributed by atoms with E-state index in [4.69, 9.17) is 11.6 Å². The van der Waals surface area contributed by atoms with Gasteiger partial charge in [0.2, 0.25) is 5.43 Å². The van der Waals surface area contributed by atoms with Crippen molar-refractivity contribution >= 4 is 34.2 Å². The molecular weight excluding hydrogens is 364 g/mol. The molecule has 0 aliphatic rings. The first-order chi connectivity index (χ1) is 13.0. The molecule has 0 aliphatic carbocycles. The molecule has 27 heavy (non-hydrogen) atoms. The Kier molecular flexibility index (Phi) is 5.81.